The van der Waals surface area contributed by atoms with E-state index in [4.69, 9.17) is 4.74 Å². The van der Waals surface area contributed by atoms with E-state index in [1.807, 2.05) is 13.8 Å². The standard InChI is InChI=1S/C28H32F2N8O6/c1-16(2)22(34-24(39)21-14-37-6-4-5-31-26(37)33-21)25(40)36-9-7-35(8-10-36)23-19(29)11-17(12-20(23)30)38-18(15-44-28(38)42)13-32-27(41)43-3/h4-6,11-12,14,16,18,22H,7-10,13,15H2,1-3H3,(H,32,41)(H,34,39)/t18?,22-/m0/s1. The normalized spacial score (nSPS) is 17.5. The monoisotopic (exact) mass is 614 g/mol. The van der Waals surface area contributed by atoms with E-state index in [2.05, 4.69) is 25.3 Å². The Bertz CT molecular complexity index is 1520. The SMILES string of the molecule is COC(=O)NCC1COC(=O)N1c1cc(F)c(N2CCN(C(=O)[C@@H](NC(=O)c3cn4cccnc4n3)C(C)C)CC2)c(F)c1. The summed E-state index contributed by atoms with van der Waals surface area (Å²) in [4.78, 5) is 62.6. The molecule has 0 aliphatic carbocycles. The molecule has 1 aromatic carbocycles. The number of amides is 4. The molecule has 0 saturated carbocycles. The van der Waals surface area contributed by atoms with Crippen LogP contribution in [-0.4, -0.2) is 102 Å². The van der Waals surface area contributed by atoms with E-state index in [1.165, 1.54) is 18.2 Å². The maximum Gasteiger partial charge on any atom is 0.414 e. The summed E-state index contributed by atoms with van der Waals surface area (Å²) in [6.45, 7) is 4.07. The molecule has 14 nitrogen and oxygen atoms in total. The first-order chi connectivity index (χ1) is 21.1. The lowest BCUT2D eigenvalue weighted by Crippen LogP contribution is -2.56. The Morgan fingerprint density at radius 2 is 1.84 bits per heavy atom. The van der Waals surface area contributed by atoms with Crippen LogP contribution in [0.15, 0.2) is 36.8 Å². The van der Waals surface area contributed by atoms with Gasteiger partial charge in [-0.2, -0.15) is 0 Å². The summed E-state index contributed by atoms with van der Waals surface area (Å²) in [6, 6.07) is 2.23. The molecule has 2 saturated heterocycles. The fourth-order valence-electron chi connectivity index (χ4n) is 5.21. The number of piperazine rings is 1. The summed E-state index contributed by atoms with van der Waals surface area (Å²) in [6.07, 6.45) is 3.27. The number of nitrogens with one attached hydrogen (secondary N) is 2. The van der Waals surface area contributed by atoms with Crippen LogP contribution in [0.2, 0.25) is 0 Å². The molecule has 0 spiro atoms. The Balaban J connectivity index is 1.23. The number of carbonyl (C=O) groups is 4. The van der Waals surface area contributed by atoms with Crippen LogP contribution in [0.5, 0.6) is 0 Å². The predicted octanol–water partition coefficient (Wildman–Crippen LogP) is 1.79. The third-order valence-corrected chi connectivity index (χ3v) is 7.50. The Labute approximate surface area is 250 Å². The second-order valence-corrected chi connectivity index (χ2v) is 10.7. The lowest BCUT2D eigenvalue weighted by atomic mass is 10.0. The summed E-state index contributed by atoms with van der Waals surface area (Å²) in [5, 5.41) is 5.22. The van der Waals surface area contributed by atoms with Crippen LogP contribution in [0.3, 0.4) is 0 Å². The highest BCUT2D eigenvalue weighted by Gasteiger charge is 2.37. The van der Waals surface area contributed by atoms with Gasteiger partial charge in [-0.15, -0.1) is 0 Å². The minimum Gasteiger partial charge on any atom is -0.453 e. The molecular weight excluding hydrogens is 582 g/mol. The molecule has 2 aliphatic rings. The quantitative estimate of drug-likeness (QED) is 0.387. The first kappa shape index (κ1) is 30.4. The van der Waals surface area contributed by atoms with Crippen LogP contribution in [0.1, 0.15) is 24.3 Å². The third kappa shape index (κ3) is 6.18. The van der Waals surface area contributed by atoms with Gasteiger partial charge >= 0.3 is 12.2 Å². The van der Waals surface area contributed by atoms with Crippen molar-refractivity contribution in [1.29, 1.82) is 0 Å². The summed E-state index contributed by atoms with van der Waals surface area (Å²) in [7, 11) is 1.19. The van der Waals surface area contributed by atoms with Crippen molar-refractivity contribution < 1.29 is 37.4 Å². The lowest BCUT2D eigenvalue weighted by Gasteiger charge is -2.38. The van der Waals surface area contributed by atoms with Crippen molar-refractivity contribution in [2.24, 2.45) is 5.92 Å². The number of hydrogen-bond donors (Lipinski definition) is 2. The average molecular weight is 615 g/mol. The fraction of sp³-hybridized carbons (Fsp3) is 0.429. The van der Waals surface area contributed by atoms with Crippen LogP contribution in [-0.2, 0) is 14.3 Å². The Morgan fingerprint density at radius 3 is 2.48 bits per heavy atom. The van der Waals surface area contributed by atoms with E-state index in [0.717, 1.165) is 17.0 Å². The van der Waals surface area contributed by atoms with Crippen LogP contribution in [0.25, 0.3) is 5.78 Å². The molecule has 2 fully saturated rings. The van der Waals surface area contributed by atoms with Gasteiger partial charge in [0.1, 0.15) is 24.0 Å². The molecule has 4 heterocycles. The highest BCUT2D eigenvalue weighted by atomic mass is 19.1. The molecule has 4 amide bonds. The zero-order valence-corrected chi connectivity index (χ0v) is 24.3. The van der Waals surface area contributed by atoms with Crippen molar-refractivity contribution in [2.75, 3.05) is 56.2 Å². The number of alkyl carbamates (subject to hydrolysis) is 1. The van der Waals surface area contributed by atoms with Gasteiger partial charge in [-0.05, 0) is 12.0 Å². The number of aromatic nitrogens is 3. The molecule has 2 N–H and O–H groups in total. The number of hydrogen-bond acceptors (Lipinski definition) is 9. The van der Waals surface area contributed by atoms with Crippen LogP contribution in [0, 0.1) is 17.6 Å². The number of rotatable bonds is 8. The molecule has 1 unspecified atom stereocenters. The minimum atomic E-state index is -0.895. The number of cyclic esters (lactones) is 1. The largest absolute Gasteiger partial charge is 0.453 e. The first-order valence-electron chi connectivity index (χ1n) is 14.0. The molecule has 234 valence electrons. The molecule has 2 aliphatic heterocycles. The molecule has 3 aromatic rings. The number of imidazole rings is 1. The average Bonchev–Trinajstić information content (AvgIpc) is 3.61. The summed E-state index contributed by atoms with van der Waals surface area (Å²) >= 11 is 0. The van der Waals surface area contributed by atoms with Crippen LogP contribution in [0.4, 0.5) is 29.7 Å². The molecule has 0 bridgehead atoms. The number of carbonyl (C=O) groups excluding carboxylic acids is 4. The summed E-state index contributed by atoms with van der Waals surface area (Å²) in [5.74, 6) is -2.52. The number of ether oxygens (including phenoxy) is 2. The van der Waals surface area contributed by atoms with Crippen LogP contribution >= 0.6 is 0 Å². The number of benzene rings is 1. The molecule has 5 rings (SSSR count). The van der Waals surface area contributed by atoms with Gasteiger partial charge in [0, 0.05) is 63.4 Å². The van der Waals surface area contributed by atoms with Gasteiger partial charge < -0.3 is 29.9 Å². The van der Waals surface area contributed by atoms with Crippen molar-refractivity contribution in [3.63, 3.8) is 0 Å². The van der Waals surface area contributed by atoms with E-state index in [-0.39, 0.29) is 68.2 Å². The number of anilines is 2. The zero-order chi connectivity index (χ0) is 31.5. The zero-order valence-electron chi connectivity index (χ0n) is 24.3. The van der Waals surface area contributed by atoms with Gasteiger partial charge in [-0.1, -0.05) is 13.8 Å². The smallest absolute Gasteiger partial charge is 0.414 e. The molecule has 0 radical (unpaired) electrons. The second kappa shape index (κ2) is 12.7. The van der Waals surface area contributed by atoms with Crippen molar-refractivity contribution >= 4 is 41.2 Å². The minimum absolute atomic E-state index is 0.0482. The number of fused-ring (bicyclic) bond motifs is 1. The van der Waals surface area contributed by atoms with Gasteiger partial charge in [0.2, 0.25) is 11.7 Å². The third-order valence-electron chi connectivity index (χ3n) is 7.50. The maximum absolute atomic E-state index is 15.4. The van der Waals surface area contributed by atoms with Crippen molar-refractivity contribution in [2.45, 2.75) is 25.9 Å². The van der Waals surface area contributed by atoms with E-state index < -0.39 is 41.8 Å². The van der Waals surface area contributed by atoms with Gasteiger partial charge in [-0.25, -0.2) is 28.3 Å². The number of nitrogens with zero attached hydrogens (tertiary/aromatic N) is 6. The predicted molar refractivity (Wildman–Crippen MR) is 152 cm³/mol. The summed E-state index contributed by atoms with van der Waals surface area (Å²) < 4.78 is 41.9. The summed E-state index contributed by atoms with van der Waals surface area (Å²) in [5.41, 5.74) is -0.227. The van der Waals surface area contributed by atoms with Gasteiger partial charge in [-0.3, -0.25) is 18.9 Å². The van der Waals surface area contributed by atoms with E-state index in [1.54, 1.807) is 27.8 Å². The Kier molecular flexibility index (Phi) is 8.78. The van der Waals surface area contributed by atoms with E-state index in [0.29, 0.717) is 5.78 Å². The van der Waals surface area contributed by atoms with Crippen LogP contribution < -0.4 is 20.4 Å². The molecular formula is C28H32F2N8O6. The van der Waals surface area contributed by atoms with Crippen molar-refractivity contribution in [3.05, 3.63) is 54.1 Å². The number of halogens is 2. The topological polar surface area (TPSA) is 151 Å². The lowest BCUT2D eigenvalue weighted by molar-refractivity contribution is -0.134. The first-order valence-corrected chi connectivity index (χ1v) is 14.0. The van der Waals surface area contributed by atoms with E-state index >= 15 is 8.78 Å². The highest BCUT2D eigenvalue weighted by Crippen LogP contribution is 2.32. The molecule has 44 heavy (non-hydrogen) atoms. The van der Waals surface area contributed by atoms with E-state index in [9.17, 15) is 19.2 Å². The maximum atomic E-state index is 15.4. The van der Waals surface area contributed by atoms with Gasteiger partial charge in [0.15, 0.2) is 11.6 Å². The van der Waals surface area contributed by atoms with Crippen molar-refractivity contribution in [1.82, 2.24) is 29.9 Å². The molecule has 2 aromatic heterocycles. The molecule has 16 heteroatoms. The van der Waals surface area contributed by atoms with Crippen molar-refractivity contribution in [3.8, 4) is 0 Å². The van der Waals surface area contributed by atoms with Gasteiger partial charge in [0.05, 0.1) is 18.8 Å². The second-order valence-electron chi connectivity index (χ2n) is 10.7. The Morgan fingerprint density at radius 1 is 1.14 bits per heavy atom. The highest BCUT2D eigenvalue weighted by molar-refractivity contribution is 5.96. The number of methoxy groups -OCH3 is 1. The van der Waals surface area contributed by atoms with Gasteiger partial charge in [0.25, 0.3) is 5.91 Å². The Hall–Kier alpha value is -5.02. The molecule has 2 atom stereocenters. The fourth-order valence-corrected chi connectivity index (χ4v) is 5.21.